The van der Waals surface area contributed by atoms with E-state index in [1.807, 2.05) is 50.3 Å². The summed E-state index contributed by atoms with van der Waals surface area (Å²) in [6.07, 6.45) is 7.86. The Morgan fingerprint density at radius 1 is 1.42 bits per heavy atom. The molecular weight excluding hydrogens is 240 g/mol. The van der Waals surface area contributed by atoms with E-state index in [1.165, 1.54) is 6.92 Å². The number of ether oxygens (including phenoxy) is 2. The minimum Gasteiger partial charge on any atom is -0.483 e. The summed E-state index contributed by atoms with van der Waals surface area (Å²) in [7, 11) is 0. The summed E-state index contributed by atoms with van der Waals surface area (Å²) < 4.78 is 10.7. The molecular formula is C16H18O3. The molecule has 2 rings (SSSR count). The van der Waals surface area contributed by atoms with Gasteiger partial charge in [-0.05, 0) is 43.7 Å². The molecule has 3 nitrogen and oxygen atoms in total. The first-order valence-electron chi connectivity index (χ1n) is 6.28. The van der Waals surface area contributed by atoms with Gasteiger partial charge in [-0.1, -0.05) is 18.2 Å². The zero-order valence-corrected chi connectivity index (χ0v) is 11.5. The fourth-order valence-electron chi connectivity index (χ4n) is 1.85. The van der Waals surface area contributed by atoms with Crippen LogP contribution in [0.2, 0.25) is 0 Å². The van der Waals surface area contributed by atoms with Crippen molar-refractivity contribution < 1.29 is 14.3 Å². The smallest absolute Gasteiger partial charge is 0.302 e. The number of esters is 1. The molecule has 0 amide bonds. The van der Waals surface area contributed by atoms with Crippen molar-refractivity contribution in [2.75, 3.05) is 6.61 Å². The fraction of sp³-hybridized carbons (Fsp3) is 0.312. The molecule has 0 fully saturated rings. The summed E-state index contributed by atoms with van der Waals surface area (Å²) in [5, 5.41) is 0. The van der Waals surface area contributed by atoms with Crippen molar-refractivity contribution in [2.45, 2.75) is 26.4 Å². The van der Waals surface area contributed by atoms with Crippen molar-refractivity contribution >= 4 is 18.1 Å². The van der Waals surface area contributed by atoms with Gasteiger partial charge in [-0.2, -0.15) is 0 Å². The van der Waals surface area contributed by atoms with Crippen LogP contribution in [0.25, 0.3) is 12.2 Å². The molecule has 0 saturated heterocycles. The van der Waals surface area contributed by atoms with E-state index < -0.39 is 0 Å². The van der Waals surface area contributed by atoms with Gasteiger partial charge in [0.2, 0.25) is 0 Å². The molecule has 0 saturated carbocycles. The first kappa shape index (κ1) is 13.4. The molecule has 0 unspecified atom stereocenters. The molecule has 0 radical (unpaired) electrons. The Labute approximate surface area is 113 Å². The average Bonchev–Trinajstić information content (AvgIpc) is 2.33. The molecule has 0 spiro atoms. The summed E-state index contributed by atoms with van der Waals surface area (Å²) in [6, 6.07) is 6.00. The van der Waals surface area contributed by atoms with Gasteiger partial charge in [0.05, 0.1) is 0 Å². The zero-order chi connectivity index (χ0) is 13.9. The third-order valence-electron chi connectivity index (χ3n) is 2.76. The van der Waals surface area contributed by atoms with Crippen molar-refractivity contribution in [3.05, 3.63) is 41.5 Å². The van der Waals surface area contributed by atoms with Crippen molar-refractivity contribution in [1.82, 2.24) is 0 Å². The maximum absolute atomic E-state index is 10.6. The van der Waals surface area contributed by atoms with Crippen LogP contribution in [0.4, 0.5) is 0 Å². The highest BCUT2D eigenvalue weighted by atomic mass is 16.5. The van der Waals surface area contributed by atoms with Crippen molar-refractivity contribution in [3.63, 3.8) is 0 Å². The monoisotopic (exact) mass is 258 g/mol. The lowest BCUT2D eigenvalue weighted by atomic mass is 10.0. The van der Waals surface area contributed by atoms with Gasteiger partial charge in [-0.3, -0.25) is 4.79 Å². The van der Waals surface area contributed by atoms with E-state index in [1.54, 1.807) is 0 Å². The number of fused-ring (bicyclic) bond motifs is 1. The molecule has 0 bridgehead atoms. The lowest BCUT2D eigenvalue weighted by Crippen LogP contribution is -2.27. The molecule has 1 aromatic carbocycles. The van der Waals surface area contributed by atoms with Crippen LogP contribution in [0.1, 0.15) is 31.9 Å². The Balaban J connectivity index is 2.08. The van der Waals surface area contributed by atoms with Crippen LogP contribution in [0.3, 0.4) is 0 Å². The predicted molar refractivity (Wildman–Crippen MR) is 75.9 cm³/mol. The maximum atomic E-state index is 10.6. The van der Waals surface area contributed by atoms with Crippen LogP contribution in [-0.2, 0) is 9.53 Å². The normalized spacial score (nSPS) is 15.9. The number of hydrogen-bond acceptors (Lipinski definition) is 3. The minimum absolute atomic E-state index is 0.250. The highest BCUT2D eigenvalue weighted by Crippen LogP contribution is 2.31. The molecule has 1 heterocycles. The maximum Gasteiger partial charge on any atom is 0.302 e. The molecule has 0 N–H and O–H groups in total. The topological polar surface area (TPSA) is 35.5 Å². The van der Waals surface area contributed by atoms with Crippen LogP contribution in [-0.4, -0.2) is 18.2 Å². The molecule has 0 atom stereocenters. The highest BCUT2D eigenvalue weighted by Gasteiger charge is 2.21. The van der Waals surface area contributed by atoms with E-state index in [2.05, 4.69) is 6.08 Å². The van der Waals surface area contributed by atoms with E-state index in [0.717, 1.165) is 16.9 Å². The fourth-order valence-corrected chi connectivity index (χ4v) is 1.85. The van der Waals surface area contributed by atoms with E-state index in [0.29, 0.717) is 6.61 Å². The van der Waals surface area contributed by atoms with Crippen LogP contribution in [0.15, 0.2) is 30.4 Å². The van der Waals surface area contributed by atoms with Crippen LogP contribution in [0, 0.1) is 0 Å². The number of carbonyl (C=O) groups is 1. The number of benzene rings is 1. The Hall–Kier alpha value is -2.03. The van der Waals surface area contributed by atoms with Gasteiger partial charge < -0.3 is 9.47 Å². The molecule has 3 heteroatoms. The van der Waals surface area contributed by atoms with Crippen LogP contribution >= 0.6 is 0 Å². The largest absolute Gasteiger partial charge is 0.483 e. The van der Waals surface area contributed by atoms with E-state index >= 15 is 0 Å². The Bertz CT molecular complexity index is 539. The van der Waals surface area contributed by atoms with Gasteiger partial charge in [0.15, 0.2) is 0 Å². The molecule has 1 aliphatic rings. The van der Waals surface area contributed by atoms with Crippen molar-refractivity contribution in [3.8, 4) is 5.75 Å². The van der Waals surface area contributed by atoms with Gasteiger partial charge in [-0.15, -0.1) is 0 Å². The first-order valence-corrected chi connectivity index (χ1v) is 6.28. The summed E-state index contributed by atoms with van der Waals surface area (Å²) in [5.41, 5.74) is 1.87. The van der Waals surface area contributed by atoms with Crippen LogP contribution in [0.5, 0.6) is 5.75 Å². The summed E-state index contributed by atoms with van der Waals surface area (Å²) in [6.45, 7) is 5.75. The molecule has 0 aliphatic carbocycles. The molecule has 1 aliphatic heterocycles. The lowest BCUT2D eigenvalue weighted by molar-refractivity contribution is -0.139. The van der Waals surface area contributed by atoms with Gasteiger partial charge in [0, 0.05) is 12.5 Å². The Morgan fingerprint density at radius 2 is 2.21 bits per heavy atom. The lowest BCUT2D eigenvalue weighted by Gasteiger charge is -2.27. The third kappa shape index (κ3) is 3.71. The molecule has 0 aromatic heterocycles. The van der Waals surface area contributed by atoms with Gasteiger partial charge in [-0.25, -0.2) is 0 Å². The molecule has 1 aromatic rings. The van der Waals surface area contributed by atoms with Crippen molar-refractivity contribution in [2.24, 2.45) is 0 Å². The van der Waals surface area contributed by atoms with Crippen LogP contribution < -0.4 is 4.74 Å². The van der Waals surface area contributed by atoms with E-state index in [-0.39, 0.29) is 11.6 Å². The summed E-state index contributed by atoms with van der Waals surface area (Å²) >= 11 is 0. The predicted octanol–water partition coefficient (Wildman–Crippen LogP) is 3.45. The Morgan fingerprint density at radius 3 is 2.95 bits per heavy atom. The number of hydrogen-bond donors (Lipinski definition) is 0. The van der Waals surface area contributed by atoms with Gasteiger partial charge >= 0.3 is 5.97 Å². The SMILES string of the molecule is CC(=O)OCC=Cc1ccc2c(c1)C=CC(C)(C)O2. The highest BCUT2D eigenvalue weighted by molar-refractivity contribution is 5.67. The van der Waals surface area contributed by atoms with Gasteiger partial charge in [0.25, 0.3) is 0 Å². The zero-order valence-electron chi connectivity index (χ0n) is 11.5. The minimum atomic E-state index is -0.270. The van der Waals surface area contributed by atoms with Crippen molar-refractivity contribution in [1.29, 1.82) is 0 Å². The third-order valence-corrected chi connectivity index (χ3v) is 2.76. The second-order valence-electron chi connectivity index (χ2n) is 5.04. The average molecular weight is 258 g/mol. The summed E-state index contributed by atoms with van der Waals surface area (Å²) in [5.74, 6) is 0.623. The van der Waals surface area contributed by atoms with E-state index in [4.69, 9.17) is 9.47 Å². The standard InChI is InChI=1S/C16H18O3/c1-12(17)18-10-4-5-13-6-7-15-14(11-13)8-9-16(2,3)19-15/h4-9,11H,10H2,1-3H3. The molecule has 19 heavy (non-hydrogen) atoms. The Kier molecular flexibility index (Phi) is 3.74. The van der Waals surface area contributed by atoms with Gasteiger partial charge in [0.1, 0.15) is 18.0 Å². The number of rotatable bonds is 3. The van der Waals surface area contributed by atoms with E-state index in [9.17, 15) is 4.79 Å². The first-order chi connectivity index (χ1) is 8.96. The quantitative estimate of drug-likeness (QED) is 0.779. The summed E-state index contributed by atoms with van der Waals surface area (Å²) in [4.78, 5) is 10.6. The number of carbonyl (C=O) groups excluding carboxylic acids is 1. The molecule has 100 valence electrons. The second kappa shape index (κ2) is 5.31. The second-order valence-corrected chi connectivity index (χ2v) is 5.04.